The maximum Gasteiger partial charge on any atom is 0.243 e. The lowest BCUT2D eigenvalue weighted by Gasteiger charge is -2.09. The highest BCUT2D eigenvalue weighted by atomic mass is 16.5. The molecular weight excluding hydrogens is 110 g/mol. The average molecular weight is 115 g/mol. The summed E-state index contributed by atoms with van der Waals surface area (Å²) in [7, 11) is 0. The van der Waals surface area contributed by atoms with E-state index >= 15 is 0 Å². The van der Waals surface area contributed by atoms with Gasteiger partial charge in [0.1, 0.15) is 0 Å². The fraction of sp³-hybridized carbons (Fsp3) is 0.333. The Morgan fingerprint density at radius 3 is 3.00 bits per heavy atom. The molecule has 0 aromatic heterocycles. The second-order valence-electron chi connectivity index (χ2n) is 1.35. The van der Waals surface area contributed by atoms with Crippen molar-refractivity contribution in [3.8, 4) is 0 Å². The van der Waals surface area contributed by atoms with E-state index in [0.717, 1.165) is 12.7 Å². The summed E-state index contributed by atoms with van der Waals surface area (Å²) in [5.74, 6) is 0. The summed E-state index contributed by atoms with van der Waals surface area (Å²) in [5.41, 5.74) is 0. The zero-order valence-electron chi connectivity index (χ0n) is 4.06. The van der Waals surface area contributed by atoms with Crippen LogP contribution in [-0.4, -0.2) is 34.4 Å². The minimum atomic E-state index is 0.138. The van der Waals surface area contributed by atoms with Crippen LogP contribution in [0, 0.1) is 5.21 Å². The number of aliphatic imine (C=N–C) groups is 1. The first kappa shape index (κ1) is 5.04. The SMILES string of the molecule is [O-][N+]1=CN(O)CN=C1. The highest BCUT2D eigenvalue weighted by molar-refractivity contribution is 5.59. The molecule has 5 nitrogen and oxygen atoms in total. The van der Waals surface area contributed by atoms with Gasteiger partial charge in [0.2, 0.25) is 19.3 Å². The average Bonchev–Trinajstić information content (AvgIpc) is 1.64. The third kappa shape index (κ3) is 0.941. The van der Waals surface area contributed by atoms with E-state index in [9.17, 15) is 5.21 Å². The van der Waals surface area contributed by atoms with Crippen LogP contribution in [-0.2, 0) is 0 Å². The maximum absolute atomic E-state index is 10.2. The number of hydroxylamine groups is 3. The predicted molar refractivity (Wildman–Crippen MR) is 26.7 cm³/mol. The lowest BCUT2D eigenvalue weighted by atomic mass is 10.9. The van der Waals surface area contributed by atoms with E-state index in [-0.39, 0.29) is 6.67 Å². The van der Waals surface area contributed by atoms with Crippen LogP contribution in [0.3, 0.4) is 0 Å². The second-order valence-corrected chi connectivity index (χ2v) is 1.35. The van der Waals surface area contributed by atoms with Crippen molar-refractivity contribution < 1.29 is 9.95 Å². The molecule has 1 rings (SSSR count). The van der Waals surface area contributed by atoms with Crippen LogP contribution in [0.5, 0.6) is 0 Å². The summed E-state index contributed by atoms with van der Waals surface area (Å²) in [6, 6.07) is 0. The maximum atomic E-state index is 10.2. The Hall–Kier alpha value is -1.10. The van der Waals surface area contributed by atoms with Gasteiger partial charge >= 0.3 is 0 Å². The van der Waals surface area contributed by atoms with E-state index in [2.05, 4.69) is 4.99 Å². The molecule has 1 N–H and O–H groups in total. The molecule has 0 fully saturated rings. The molecule has 0 unspecified atom stereocenters. The van der Waals surface area contributed by atoms with Crippen molar-refractivity contribution in [1.82, 2.24) is 5.06 Å². The van der Waals surface area contributed by atoms with E-state index in [1.54, 1.807) is 0 Å². The molecule has 0 saturated carbocycles. The number of nitrogens with zero attached hydrogens (tertiary/aromatic N) is 3. The van der Waals surface area contributed by atoms with Crippen molar-refractivity contribution in [2.45, 2.75) is 0 Å². The molecule has 0 atom stereocenters. The second kappa shape index (κ2) is 1.79. The Kier molecular flexibility index (Phi) is 1.13. The quantitative estimate of drug-likeness (QED) is 0.332. The van der Waals surface area contributed by atoms with Gasteiger partial charge in [-0.2, -0.15) is 0 Å². The van der Waals surface area contributed by atoms with Crippen molar-refractivity contribution in [3.63, 3.8) is 0 Å². The van der Waals surface area contributed by atoms with Gasteiger partial charge in [-0.25, -0.2) is 5.21 Å². The van der Waals surface area contributed by atoms with Gasteiger partial charge in [0, 0.05) is 0 Å². The zero-order valence-corrected chi connectivity index (χ0v) is 4.06. The Morgan fingerprint density at radius 2 is 2.62 bits per heavy atom. The molecule has 0 spiro atoms. The van der Waals surface area contributed by atoms with Crippen molar-refractivity contribution in [1.29, 1.82) is 0 Å². The van der Waals surface area contributed by atoms with Crippen molar-refractivity contribution in [2.75, 3.05) is 6.67 Å². The molecule has 0 aromatic carbocycles. The van der Waals surface area contributed by atoms with Crippen LogP contribution >= 0.6 is 0 Å². The summed E-state index contributed by atoms with van der Waals surface area (Å²) in [4.78, 5) is 3.47. The molecule has 0 saturated heterocycles. The monoisotopic (exact) mass is 115 g/mol. The van der Waals surface area contributed by atoms with Crippen LogP contribution in [0.25, 0.3) is 0 Å². The highest BCUT2D eigenvalue weighted by Crippen LogP contribution is 1.81. The summed E-state index contributed by atoms with van der Waals surface area (Å²) in [6.07, 6.45) is 2.08. The van der Waals surface area contributed by atoms with Crippen molar-refractivity contribution in [3.05, 3.63) is 5.21 Å². The highest BCUT2D eigenvalue weighted by Gasteiger charge is 2.02. The first-order chi connectivity index (χ1) is 3.79. The zero-order chi connectivity index (χ0) is 5.98. The van der Waals surface area contributed by atoms with Gasteiger partial charge in [-0.05, 0) is 0 Å². The Bertz CT molecular complexity index is 141. The van der Waals surface area contributed by atoms with Gasteiger partial charge in [-0.1, -0.05) is 0 Å². The first-order valence-electron chi connectivity index (χ1n) is 2.05. The number of hydrogen-bond acceptors (Lipinski definition) is 4. The van der Waals surface area contributed by atoms with Crippen LogP contribution in [0.15, 0.2) is 4.99 Å². The third-order valence-corrected chi connectivity index (χ3v) is 0.669. The van der Waals surface area contributed by atoms with Crippen LogP contribution < -0.4 is 0 Å². The molecule has 5 heteroatoms. The van der Waals surface area contributed by atoms with Crippen molar-refractivity contribution in [2.24, 2.45) is 4.99 Å². The largest absolute Gasteiger partial charge is 0.741 e. The van der Waals surface area contributed by atoms with E-state index in [1.807, 2.05) is 0 Å². The molecule has 1 aliphatic rings. The van der Waals surface area contributed by atoms with E-state index in [1.165, 1.54) is 0 Å². The summed E-state index contributed by atoms with van der Waals surface area (Å²) in [6.45, 7) is 0.138. The molecular formula is C3H5N3O2. The van der Waals surface area contributed by atoms with Gasteiger partial charge in [-0.15, -0.1) is 10.1 Å². The van der Waals surface area contributed by atoms with E-state index < -0.39 is 0 Å². The van der Waals surface area contributed by atoms with Gasteiger partial charge in [0.05, 0.1) is 0 Å². The van der Waals surface area contributed by atoms with Gasteiger partial charge < -0.3 is 5.21 Å². The molecule has 8 heavy (non-hydrogen) atoms. The van der Waals surface area contributed by atoms with Crippen LogP contribution in [0.4, 0.5) is 0 Å². The molecule has 0 radical (unpaired) electrons. The number of hydrogen-bond donors (Lipinski definition) is 1. The van der Waals surface area contributed by atoms with Crippen LogP contribution in [0.2, 0.25) is 0 Å². The fourth-order valence-electron chi connectivity index (χ4n) is 0.398. The molecule has 0 aromatic rings. The minimum absolute atomic E-state index is 0.138. The molecule has 0 bridgehead atoms. The summed E-state index contributed by atoms with van der Waals surface area (Å²) in [5, 5.41) is 19.4. The minimum Gasteiger partial charge on any atom is -0.741 e. The lowest BCUT2D eigenvalue weighted by molar-refractivity contribution is -0.329. The Labute approximate surface area is 45.7 Å². The smallest absolute Gasteiger partial charge is 0.243 e. The Morgan fingerprint density at radius 1 is 1.88 bits per heavy atom. The molecule has 1 heterocycles. The third-order valence-electron chi connectivity index (χ3n) is 0.669. The van der Waals surface area contributed by atoms with Crippen LogP contribution in [0.1, 0.15) is 0 Å². The first-order valence-corrected chi connectivity index (χ1v) is 2.05. The molecule has 0 aliphatic carbocycles. The topological polar surface area (TPSA) is 61.9 Å². The Balaban J connectivity index is 2.63. The molecule has 0 amide bonds. The molecule has 44 valence electrons. The standard InChI is InChI=1S/C3H5N3O2/c7-5-1-4-2-6(8)3-5/h1,3,8H,2H2. The van der Waals surface area contributed by atoms with Crippen molar-refractivity contribution >= 4 is 12.7 Å². The summed E-state index contributed by atoms with van der Waals surface area (Å²) >= 11 is 0. The lowest BCUT2D eigenvalue weighted by Crippen LogP contribution is -2.26. The summed E-state index contributed by atoms with van der Waals surface area (Å²) < 4.78 is 0.420. The van der Waals surface area contributed by atoms with Gasteiger partial charge in [0.15, 0.2) is 0 Å². The van der Waals surface area contributed by atoms with Gasteiger partial charge in [0.25, 0.3) is 0 Å². The molecule has 1 aliphatic heterocycles. The van der Waals surface area contributed by atoms with Gasteiger partial charge in [-0.3, -0.25) is 4.74 Å². The normalized spacial score (nSPS) is 18.6. The number of rotatable bonds is 0. The fourth-order valence-corrected chi connectivity index (χ4v) is 0.398. The van der Waals surface area contributed by atoms with E-state index in [4.69, 9.17) is 5.21 Å². The predicted octanol–water partition coefficient (Wildman–Crippen LogP) is -0.784. The van der Waals surface area contributed by atoms with E-state index in [0.29, 0.717) is 9.80 Å².